The smallest absolute Gasteiger partial charge is 0.221 e. The van der Waals surface area contributed by atoms with Crippen LogP contribution >= 0.6 is 0 Å². The summed E-state index contributed by atoms with van der Waals surface area (Å²) < 4.78 is 0. The molecule has 0 radical (unpaired) electrons. The zero-order valence-electron chi connectivity index (χ0n) is 13.0. The van der Waals surface area contributed by atoms with Gasteiger partial charge in [0.25, 0.3) is 0 Å². The first kappa shape index (κ1) is 16.0. The minimum Gasteiger partial charge on any atom is -0.387 e. The molecule has 2 unspecified atom stereocenters. The summed E-state index contributed by atoms with van der Waals surface area (Å²) in [7, 11) is 0. The monoisotopic (exact) mass is 290 g/mol. The number of piperidine rings is 1. The van der Waals surface area contributed by atoms with Crippen molar-refractivity contribution in [3.8, 4) is 0 Å². The van der Waals surface area contributed by atoms with Crippen LogP contribution in [0.1, 0.15) is 51.2 Å². The molecule has 2 atom stereocenters. The summed E-state index contributed by atoms with van der Waals surface area (Å²) in [6.45, 7) is 5.44. The fourth-order valence-corrected chi connectivity index (χ4v) is 3.12. The molecule has 0 aromatic heterocycles. The molecule has 1 saturated heterocycles. The van der Waals surface area contributed by atoms with Gasteiger partial charge in [0.1, 0.15) is 0 Å². The fourth-order valence-electron chi connectivity index (χ4n) is 3.12. The Labute approximate surface area is 127 Å². The Hall–Kier alpha value is -1.39. The van der Waals surface area contributed by atoms with Gasteiger partial charge in [0.2, 0.25) is 5.91 Å². The van der Waals surface area contributed by atoms with Crippen molar-refractivity contribution in [2.24, 2.45) is 0 Å². The first-order valence-electron chi connectivity index (χ1n) is 7.89. The van der Waals surface area contributed by atoms with Gasteiger partial charge in [-0.3, -0.25) is 9.69 Å². The highest BCUT2D eigenvalue weighted by Crippen LogP contribution is 2.24. The van der Waals surface area contributed by atoms with Crippen LogP contribution in [0.3, 0.4) is 0 Å². The first-order chi connectivity index (χ1) is 10.1. The van der Waals surface area contributed by atoms with Crippen molar-refractivity contribution in [1.82, 2.24) is 4.90 Å². The molecule has 2 rings (SSSR count). The van der Waals surface area contributed by atoms with Crippen LogP contribution in [0.2, 0.25) is 0 Å². The number of benzene rings is 1. The van der Waals surface area contributed by atoms with Gasteiger partial charge < -0.3 is 10.4 Å². The predicted molar refractivity (Wildman–Crippen MR) is 85.2 cm³/mol. The number of likely N-dealkylation sites (tertiary alicyclic amines) is 1. The van der Waals surface area contributed by atoms with E-state index in [1.54, 1.807) is 0 Å². The van der Waals surface area contributed by atoms with E-state index in [4.69, 9.17) is 0 Å². The molecule has 1 amide bonds. The number of hydrogen-bond acceptors (Lipinski definition) is 3. The Bertz CT molecular complexity index is 476. The van der Waals surface area contributed by atoms with Crippen molar-refractivity contribution in [1.29, 1.82) is 0 Å². The number of amides is 1. The summed E-state index contributed by atoms with van der Waals surface area (Å²) in [5.41, 5.74) is 1.60. The molecule has 2 N–H and O–H groups in total. The lowest BCUT2D eigenvalue weighted by molar-refractivity contribution is -0.114. The van der Waals surface area contributed by atoms with Crippen molar-refractivity contribution in [2.75, 3.05) is 18.4 Å². The minimum absolute atomic E-state index is 0.0938. The van der Waals surface area contributed by atoms with E-state index in [2.05, 4.69) is 17.1 Å². The summed E-state index contributed by atoms with van der Waals surface area (Å²) in [6, 6.07) is 8.08. The van der Waals surface area contributed by atoms with Crippen LogP contribution in [0.4, 0.5) is 5.69 Å². The highest BCUT2D eigenvalue weighted by atomic mass is 16.3. The molecule has 1 aromatic rings. The zero-order valence-corrected chi connectivity index (χ0v) is 13.0. The van der Waals surface area contributed by atoms with Gasteiger partial charge in [-0.05, 0) is 43.5 Å². The maximum absolute atomic E-state index is 11.1. The second-order valence-electron chi connectivity index (χ2n) is 5.88. The number of aliphatic hydroxyl groups is 1. The normalized spacial score (nSPS) is 21.0. The standard InChI is InChI=1S/C17H26N2O2/c1-3-16-9-4-5-10-19(16)12-17(21)14-7-6-8-15(11-14)18-13(2)20/h6-8,11,16-17,21H,3-5,9-10,12H2,1-2H3,(H,18,20). The Morgan fingerprint density at radius 3 is 3.00 bits per heavy atom. The summed E-state index contributed by atoms with van der Waals surface area (Å²) in [4.78, 5) is 13.5. The van der Waals surface area contributed by atoms with Crippen LogP contribution in [-0.4, -0.2) is 35.0 Å². The Morgan fingerprint density at radius 1 is 1.48 bits per heavy atom. The molecule has 0 spiro atoms. The molecule has 4 nitrogen and oxygen atoms in total. The average molecular weight is 290 g/mol. The van der Waals surface area contributed by atoms with E-state index < -0.39 is 6.10 Å². The number of rotatable bonds is 5. The van der Waals surface area contributed by atoms with Crippen LogP contribution in [0, 0.1) is 0 Å². The number of β-amino-alcohol motifs (C(OH)–C–C–N with tert-alkyl or cyclic N) is 1. The van der Waals surface area contributed by atoms with Gasteiger partial charge in [-0.2, -0.15) is 0 Å². The van der Waals surface area contributed by atoms with Crippen LogP contribution in [0.25, 0.3) is 0 Å². The van der Waals surface area contributed by atoms with Crippen LogP contribution in [0.5, 0.6) is 0 Å². The van der Waals surface area contributed by atoms with E-state index in [0.717, 1.165) is 24.2 Å². The number of nitrogens with one attached hydrogen (secondary N) is 1. The number of carbonyl (C=O) groups excluding carboxylic acids is 1. The highest BCUT2D eigenvalue weighted by molar-refractivity contribution is 5.88. The maximum Gasteiger partial charge on any atom is 0.221 e. The lowest BCUT2D eigenvalue weighted by atomic mass is 9.98. The quantitative estimate of drug-likeness (QED) is 0.876. The lowest BCUT2D eigenvalue weighted by Crippen LogP contribution is -2.41. The van der Waals surface area contributed by atoms with Gasteiger partial charge in [-0.25, -0.2) is 0 Å². The first-order valence-corrected chi connectivity index (χ1v) is 7.89. The summed E-state index contributed by atoms with van der Waals surface area (Å²) in [6.07, 6.45) is 4.37. The molecule has 1 aliphatic heterocycles. The van der Waals surface area contributed by atoms with E-state index in [1.165, 1.54) is 26.2 Å². The average Bonchev–Trinajstić information content (AvgIpc) is 2.47. The summed E-state index contributed by atoms with van der Waals surface area (Å²) >= 11 is 0. The third-order valence-electron chi connectivity index (χ3n) is 4.22. The third kappa shape index (κ3) is 4.55. The van der Waals surface area contributed by atoms with E-state index in [9.17, 15) is 9.90 Å². The summed E-state index contributed by atoms with van der Waals surface area (Å²) in [5, 5.41) is 13.3. The number of aliphatic hydroxyl groups excluding tert-OH is 1. The lowest BCUT2D eigenvalue weighted by Gasteiger charge is -2.36. The van der Waals surface area contributed by atoms with Crippen molar-refractivity contribution < 1.29 is 9.90 Å². The molecule has 21 heavy (non-hydrogen) atoms. The van der Waals surface area contributed by atoms with Crippen molar-refractivity contribution in [3.05, 3.63) is 29.8 Å². The van der Waals surface area contributed by atoms with Gasteiger partial charge in [-0.15, -0.1) is 0 Å². The minimum atomic E-state index is -0.508. The predicted octanol–water partition coefficient (Wildman–Crippen LogP) is 2.94. The number of anilines is 1. The van der Waals surface area contributed by atoms with Crippen LogP contribution in [-0.2, 0) is 4.79 Å². The van der Waals surface area contributed by atoms with E-state index in [1.807, 2.05) is 24.3 Å². The number of nitrogens with zero attached hydrogens (tertiary/aromatic N) is 1. The number of carbonyl (C=O) groups is 1. The molecule has 116 valence electrons. The van der Waals surface area contributed by atoms with Gasteiger partial charge >= 0.3 is 0 Å². The van der Waals surface area contributed by atoms with E-state index >= 15 is 0 Å². The SMILES string of the molecule is CCC1CCCCN1CC(O)c1cccc(NC(C)=O)c1. The third-order valence-corrected chi connectivity index (χ3v) is 4.22. The topological polar surface area (TPSA) is 52.6 Å². The van der Waals surface area contributed by atoms with Gasteiger partial charge in [-0.1, -0.05) is 25.5 Å². The molecule has 1 heterocycles. The number of hydrogen-bond donors (Lipinski definition) is 2. The Balaban J connectivity index is 2.01. The second-order valence-corrected chi connectivity index (χ2v) is 5.88. The van der Waals surface area contributed by atoms with Crippen molar-refractivity contribution >= 4 is 11.6 Å². The van der Waals surface area contributed by atoms with Crippen molar-refractivity contribution in [2.45, 2.75) is 51.7 Å². The molecular weight excluding hydrogens is 264 g/mol. The molecule has 4 heteroatoms. The molecule has 1 aromatic carbocycles. The molecule has 0 aliphatic carbocycles. The molecule has 1 aliphatic rings. The highest BCUT2D eigenvalue weighted by Gasteiger charge is 2.23. The molecular formula is C17H26N2O2. The molecule has 0 bridgehead atoms. The zero-order chi connectivity index (χ0) is 15.2. The Morgan fingerprint density at radius 2 is 2.29 bits per heavy atom. The molecule has 0 saturated carbocycles. The van der Waals surface area contributed by atoms with Crippen LogP contribution < -0.4 is 5.32 Å². The second kappa shape index (κ2) is 7.57. The maximum atomic E-state index is 11.1. The van der Waals surface area contributed by atoms with Gasteiger partial charge in [0.15, 0.2) is 0 Å². The van der Waals surface area contributed by atoms with E-state index in [0.29, 0.717) is 12.6 Å². The van der Waals surface area contributed by atoms with Gasteiger partial charge in [0.05, 0.1) is 6.10 Å². The van der Waals surface area contributed by atoms with Crippen molar-refractivity contribution in [3.63, 3.8) is 0 Å². The summed E-state index contributed by atoms with van der Waals surface area (Å²) in [5.74, 6) is -0.0938. The van der Waals surface area contributed by atoms with Crippen LogP contribution in [0.15, 0.2) is 24.3 Å². The fraction of sp³-hybridized carbons (Fsp3) is 0.588. The Kier molecular flexibility index (Phi) is 5.76. The van der Waals surface area contributed by atoms with E-state index in [-0.39, 0.29) is 5.91 Å². The largest absolute Gasteiger partial charge is 0.387 e. The van der Waals surface area contributed by atoms with Gasteiger partial charge in [0, 0.05) is 25.2 Å². The molecule has 1 fully saturated rings.